The van der Waals surface area contributed by atoms with Crippen molar-refractivity contribution in [3.8, 4) is 5.75 Å². The van der Waals surface area contributed by atoms with Crippen LogP contribution in [0.15, 0.2) is 24.3 Å². The van der Waals surface area contributed by atoms with Gasteiger partial charge in [-0.2, -0.15) is 0 Å². The molecule has 0 aromatic heterocycles. The first-order valence-electron chi connectivity index (χ1n) is 8.59. The van der Waals surface area contributed by atoms with Gasteiger partial charge in [-0.3, -0.25) is 0 Å². The minimum atomic E-state index is 0.234. The van der Waals surface area contributed by atoms with E-state index in [-0.39, 0.29) is 6.10 Å². The van der Waals surface area contributed by atoms with Gasteiger partial charge in [0, 0.05) is 12.1 Å². The number of hydrogen-bond donors (Lipinski definition) is 1. The second-order valence-corrected chi connectivity index (χ2v) is 6.81. The molecule has 2 heteroatoms. The molecule has 0 heterocycles. The normalized spacial score (nSPS) is 19.5. The summed E-state index contributed by atoms with van der Waals surface area (Å²) in [5.41, 5.74) is 1.34. The van der Waals surface area contributed by atoms with Gasteiger partial charge in [-0.05, 0) is 64.2 Å². The third-order valence-electron chi connectivity index (χ3n) is 4.62. The highest BCUT2D eigenvalue weighted by molar-refractivity contribution is 5.29. The molecule has 2 nitrogen and oxygen atoms in total. The van der Waals surface area contributed by atoms with Crippen LogP contribution in [0, 0.1) is 5.92 Å². The summed E-state index contributed by atoms with van der Waals surface area (Å²) >= 11 is 0. The Morgan fingerprint density at radius 1 is 0.952 bits per heavy atom. The van der Waals surface area contributed by atoms with Gasteiger partial charge in [0.25, 0.3) is 0 Å². The molecule has 0 saturated heterocycles. The monoisotopic (exact) mass is 289 g/mol. The predicted octanol–water partition coefficient (Wildman–Crippen LogP) is 5.09. The highest BCUT2D eigenvalue weighted by atomic mass is 16.5. The molecule has 118 valence electrons. The van der Waals surface area contributed by atoms with Crippen molar-refractivity contribution >= 4 is 0 Å². The van der Waals surface area contributed by atoms with Crippen LogP contribution in [0.1, 0.15) is 71.4 Å². The molecule has 2 rings (SSSR count). The summed E-state index contributed by atoms with van der Waals surface area (Å²) in [5, 5.41) is 3.79. The minimum absolute atomic E-state index is 0.234. The van der Waals surface area contributed by atoms with Crippen molar-refractivity contribution in [2.75, 3.05) is 0 Å². The average molecular weight is 289 g/mol. The zero-order valence-electron chi connectivity index (χ0n) is 14.1. The molecule has 21 heavy (non-hydrogen) atoms. The van der Waals surface area contributed by atoms with Gasteiger partial charge >= 0.3 is 0 Å². The Morgan fingerprint density at radius 3 is 2.14 bits per heavy atom. The summed E-state index contributed by atoms with van der Waals surface area (Å²) in [6.07, 6.45) is 7.26. The fourth-order valence-electron chi connectivity index (χ4n) is 3.37. The molecule has 0 spiro atoms. The van der Waals surface area contributed by atoms with Gasteiger partial charge in [0.1, 0.15) is 5.75 Å². The summed E-state index contributed by atoms with van der Waals surface area (Å²) in [7, 11) is 0. The number of hydrogen-bond acceptors (Lipinski definition) is 2. The van der Waals surface area contributed by atoms with Gasteiger partial charge < -0.3 is 10.1 Å². The summed E-state index contributed by atoms with van der Waals surface area (Å²) < 4.78 is 5.70. The highest BCUT2D eigenvalue weighted by Crippen LogP contribution is 2.28. The summed E-state index contributed by atoms with van der Waals surface area (Å²) in [6.45, 7) is 8.73. The standard InChI is InChI=1S/C19H31NO/c1-14(2)21-19-12-10-18(11-13-19)16(4)20-15(3)17-8-6-5-7-9-17/h10-17,20H,5-9H2,1-4H3/t15-,16?/m1/s1. The number of ether oxygens (including phenoxy) is 1. The van der Waals surface area contributed by atoms with Crippen LogP contribution in [0.2, 0.25) is 0 Å². The van der Waals surface area contributed by atoms with Gasteiger partial charge in [0.15, 0.2) is 0 Å². The van der Waals surface area contributed by atoms with Crippen molar-refractivity contribution < 1.29 is 4.74 Å². The van der Waals surface area contributed by atoms with E-state index in [4.69, 9.17) is 4.74 Å². The van der Waals surface area contributed by atoms with E-state index in [0.29, 0.717) is 12.1 Å². The van der Waals surface area contributed by atoms with Crippen molar-refractivity contribution in [1.29, 1.82) is 0 Å². The maximum absolute atomic E-state index is 5.70. The van der Waals surface area contributed by atoms with Gasteiger partial charge in [-0.15, -0.1) is 0 Å². The molecule has 0 radical (unpaired) electrons. The lowest BCUT2D eigenvalue weighted by atomic mass is 9.84. The third-order valence-corrected chi connectivity index (χ3v) is 4.62. The van der Waals surface area contributed by atoms with E-state index in [2.05, 4.69) is 57.3 Å². The average Bonchev–Trinajstić information content (AvgIpc) is 2.48. The first kappa shape index (κ1) is 16.4. The molecule has 1 unspecified atom stereocenters. The molecule has 2 atom stereocenters. The van der Waals surface area contributed by atoms with Crippen molar-refractivity contribution in [2.45, 2.75) is 78.0 Å². The molecule has 0 aliphatic heterocycles. The topological polar surface area (TPSA) is 21.3 Å². The zero-order valence-corrected chi connectivity index (χ0v) is 14.1. The van der Waals surface area contributed by atoms with E-state index in [1.807, 2.05) is 0 Å². The maximum atomic E-state index is 5.70. The number of nitrogens with one attached hydrogen (secondary N) is 1. The molecular weight excluding hydrogens is 258 g/mol. The van der Waals surface area contributed by atoms with E-state index < -0.39 is 0 Å². The maximum Gasteiger partial charge on any atom is 0.119 e. The molecule has 1 saturated carbocycles. The van der Waals surface area contributed by atoms with Crippen molar-refractivity contribution in [2.24, 2.45) is 5.92 Å². The molecule has 1 aliphatic rings. The van der Waals surface area contributed by atoms with Gasteiger partial charge in [0.05, 0.1) is 6.10 Å². The Hall–Kier alpha value is -1.02. The molecule has 1 N–H and O–H groups in total. The Balaban J connectivity index is 1.88. The molecule has 1 aromatic rings. The van der Waals surface area contributed by atoms with Crippen LogP contribution in [-0.4, -0.2) is 12.1 Å². The molecule has 1 aromatic carbocycles. The summed E-state index contributed by atoms with van der Waals surface area (Å²) in [5.74, 6) is 1.81. The number of benzene rings is 1. The van der Waals surface area contributed by atoms with Crippen molar-refractivity contribution in [3.63, 3.8) is 0 Å². The highest BCUT2D eigenvalue weighted by Gasteiger charge is 2.21. The first-order chi connectivity index (χ1) is 10.1. The lowest BCUT2D eigenvalue weighted by Crippen LogP contribution is -2.36. The van der Waals surface area contributed by atoms with Crippen LogP contribution in [0.4, 0.5) is 0 Å². The Kier molecular flexibility index (Phi) is 6.10. The van der Waals surface area contributed by atoms with Crippen molar-refractivity contribution in [1.82, 2.24) is 5.32 Å². The van der Waals surface area contributed by atoms with Crippen LogP contribution in [-0.2, 0) is 0 Å². The molecule has 0 amide bonds. The lowest BCUT2D eigenvalue weighted by Gasteiger charge is -2.31. The summed E-state index contributed by atoms with van der Waals surface area (Å²) in [6, 6.07) is 9.53. The van der Waals surface area contributed by atoms with Crippen LogP contribution >= 0.6 is 0 Å². The zero-order chi connectivity index (χ0) is 15.2. The quantitative estimate of drug-likeness (QED) is 0.787. The van der Waals surface area contributed by atoms with Crippen LogP contribution in [0.5, 0.6) is 5.75 Å². The third kappa shape index (κ3) is 5.03. The lowest BCUT2D eigenvalue weighted by molar-refractivity contribution is 0.242. The van der Waals surface area contributed by atoms with E-state index in [9.17, 15) is 0 Å². The van der Waals surface area contributed by atoms with Gasteiger partial charge in [-0.25, -0.2) is 0 Å². The smallest absolute Gasteiger partial charge is 0.119 e. The fraction of sp³-hybridized carbons (Fsp3) is 0.684. The molecular formula is C19H31NO. The van der Waals surface area contributed by atoms with E-state index in [1.54, 1.807) is 0 Å². The Bertz CT molecular complexity index is 406. The summed E-state index contributed by atoms with van der Waals surface area (Å²) in [4.78, 5) is 0. The Morgan fingerprint density at radius 2 is 1.57 bits per heavy atom. The fourth-order valence-corrected chi connectivity index (χ4v) is 3.37. The molecule has 1 aliphatic carbocycles. The van der Waals surface area contributed by atoms with E-state index in [0.717, 1.165) is 11.7 Å². The van der Waals surface area contributed by atoms with Crippen molar-refractivity contribution in [3.05, 3.63) is 29.8 Å². The Labute approximate surface area is 130 Å². The second-order valence-electron chi connectivity index (χ2n) is 6.81. The SMILES string of the molecule is CC(C)Oc1ccc(C(C)N[C@H](C)C2CCCCC2)cc1. The largest absolute Gasteiger partial charge is 0.491 e. The predicted molar refractivity (Wildman–Crippen MR) is 89.8 cm³/mol. The second kappa shape index (κ2) is 7.84. The molecule has 0 bridgehead atoms. The van der Waals surface area contributed by atoms with Crippen LogP contribution < -0.4 is 10.1 Å². The molecule has 1 fully saturated rings. The van der Waals surface area contributed by atoms with E-state index >= 15 is 0 Å². The minimum Gasteiger partial charge on any atom is -0.491 e. The van der Waals surface area contributed by atoms with E-state index in [1.165, 1.54) is 37.7 Å². The first-order valence-corrected chi connectivity index (χ1v) is 8.59. The van der Waals surface area contributed by atoms with Gasteiger partial charge in [-0.1, -0.05) is 31.4 Å². The number of rotatable bonds is 6. The van der Waals surface area contributed by atoms with Gasteiger partial charge in [0.2, 0.25) is 0 Å². The van der Waals surface area contributed by atoms with Crippen LogP contribution in [0.3, 0.4) is 0 Å². The van der Waals surface area contributed by atoms with Crippen LogP contribution in [0.25, 0.3) is 0 Å².